The van der Waals surface area contributed by atoms with Crippen LogP contribution in [0.1, 0.15) is 10.4 Å². The van der Waals surface area contributed by atoms with Crippen molar-refractivity contribution in [2.24, 2.45) is 0 Å². The SMILES string of the molecule is O=C(Nc1ccnc2ccnn12)c1ccc([N+](=O)[O-])cc1F. The summed E-state index contributed by atoms with van der Waals surface area (Å²) in [6, 6.07) is 5.96. The maximum absolute atomic E-state index is 13.8. The first kappa shape index (κ1) is 13.6. The molecule has 0 fully saturated rings. The lowest BCUT2D eigenvalue weighted by atomic mass is 10.2. The first-order valence-corrected chi connectivity index (χ1v) is 6.10. The van der Waals surface area contributed by atoms with E-state index >= 15 is 0 Å². The number of nitro groups is 1. The number of anilines is 1. The first-order chi connectivity index (χ1) is 10.6. The zero-order valence-corrected chi connectivity index (χ0v) is 10.9. The van der Waals surface area contributed by atoms with E-state index in [1.165, 1.54) is 23.0 Å². The standard InChI is InChI=1S/C13H8FN5O3/c14-10-7-8(19(21)22)1-2-9(10)13(20)17-12-3-5-15-11-4-6-16-18(11)12/h1-7H,(H,17,20). The maximum Gasteiger partial charge on any atom is 0.272 e. The van der Waals surface area contributed by atoms with Gasteiger partial charge < -0.3 is 5.32 Å². The number of non-ortho nitro benzene ring substituents is 1. The van der Waals surface area contributed by atoms with Crippen molar-refractivity contribution in [2.45, 2.75) is 0 Å². The van der Waals surface area contributed by atoms with Gasteiger partial charge in [0.05, 0.1) is 22.7 Å². The van der Waals surface area contributed by atoms with Crippen LogP contribution in [0.15, 0.2) is 42.7 Å². The molecule has 0 unspecified atom stereocenters. The van der Waals surface area contributed by atoms with Crippen LogP contribution in [0.2, 0.25) is 0 Å². The van der Waals surface area contributed by atoms with Crippen molar-refractivity contribution in [3.05, 3.63) is 64.2 Å². The number of amides is 1. The highest BCUT2D eigenvalue weighted by molar-refractivity contribution is 6.04. The topological polar surface area (TPSA) is 102 Å². The van der Waals surface area contributed by atoms with Crippen LogP contribution in [0.25, 0.3) is 5.65 Å². The van der Waals surface area contributed by atoms with E-state index in [9.17, 15) is 19.3 Å². The summed E-state index contributed by atoms with van der Waals surface area (Å²) in [4.78, 5) is 26.0. The van der Waals surface area contributed by atoms with Gasteiger partial charge in [-0.05, 0) is 12.1 Å². The smallest absolute Gasteiger partial charge is 0.272 e. The molecule has 0 saturated heterocycles. The van der Waals surface area contributed by atoms with Crippen LogP contribution in [0.4, 0.5) is 15.9 Å². The van der Waals surface area contributed by atoms with Gasteiger partial charge in [-0.2, -0.15) is 9.61 Å². The van der Waals surface area contributed by atoms with E-state index in [4.69, 9.17) is 0 Å². The third-order valence-electron chi connectivity index (χ3n) is 2.94. The zero-order valence-electron chi connectivity index (χ0n) is 10.9. The number of nitro benzene ring substituents is 1. The lowest BCUT2D eigenvalue weighted by molar-refractivity contribution is -0.385. The number of carbonyl (C=O) groups is 1. The van der Waals surface area contributed by atoms with Gasteiger partial charge in [0.25, 0.3) is 11.6 Å². The summed E-state index contributed by atoms with van der Waals surface area (Å²) in [7, 11) is 0. The predicted molar refractivity (Wildman–Crippen MR) is 74.0 cm³/mol. The van der Waals surface area contributed by atoms with Gasteiger partial charge >= 0.3 is 0 Å². The third kappa shape index (κ3) is 2.35. The molecule has 1 amide bonds. The van der Waals surface area contributed by atoms with Crippen molar-refractivity contribution in [3.63, 3.8) is 0 Å². The van der Waals surface area contributed by atoms with Gasteiger partial charge in [-0.25, -0.2) is 9.37 Å². The number of aromatic nitrogens is 3. The van der Waals surface area contributed by atoms with Crippen LogP contribution in [0, 0.1) is 15.9 Å². The Morgan fingerprint density at radius 1 is 1.27 bits per heavy atom. The Bertz CT molecular complexity index is 892. The molecule has 0 radical (unpaired) electrons. The highest BCUT2D eigenvalue weighted by Gasteiger charge is 2.17. The Hall–Kier alpha value is -3.36. The minimum atomic E-state index is -0.975. The van der Waals surface area contributed by atoms with Crippen LogP contribution >= 0.6 is 0 Å². The lowest BCUT2D eigenvalue weighted by Gasteiger charge is -2.07. The molecular formula is C13H8FN5O3. The molecule has 22 heavy (non-hydrogen) atoms. The molecule has 9 heteroatoms. The van der Waals surface area contributed by atoms with Crippen LogP contribution in [-0.2, 0) is 0 Å². The minimum absolute atomic E-state index is 0.303. The first-order valence-electron chi connectivity index (χ1n) is 6.10. The average Bonchev–Trinajstić information content (AvgIpc) is 2.96. The molecule has 2 heterocycles. The van der Waals surface area contributed by atoms with E-state index in [1.54, 1.807) is 6.07 Å². The number of hydrogen-bond donors (Lipinski definition) is 1. The molecule has 3 rings (SSSR count). The number of benzene rings is 1. The summed E-state index contributed by atoms with van der Waals surface area (Å²) in [5, 5.41) is 17.0. The number of nitrogens with one attached hydrogen (secondary N) is 1. The van der Waals surface area contributed by atoms with Gasteiger partial charge in [0.2, 0.25) is 0 Å². The predicted octanol–water partition coefficient (Wildman–Crippen LogP) is 2.03. The molecule has 1 aromatic carbocycles. The van der Waals surface area contributed by atoms with Crippen LogP contribution in [0.3, 0.4) is 0 Å². The summed E-state index contributed by atoms with van der Waals surface area (Å²) in [5.41, 5.74) is -0.211. The number of halogens is 1. The van der Waals surface area contributed by atoms with Crippen molar-refractivity contribution < 1.29 is 14.1 Å². The molecule has 0 spiro atoms. The number of rotatable bonds is 3. The second-order valence-electron chi connectivity index (χ2n) is 4.31. The Morgan fingerprint density at radius 3 is 2.82 bits per heavy atom. The largest absolute Gasteiger partial charge is 0.306 e. The Kier molecular flexibility index (Phi) is 3.22. The molecular weight excluding hydrogens is 293 g/mol. The Morgan fingerprint density at radius 2 is 2.09 bits per heavy atom. The molecule has 0 aliphatic rings. The molecule has 0 atom stereocenters. The van der Waals surface area contributed by atoms with Crippen molar-refractivity contribution >= 4 is 23.1 Å². The van der Waals surface area contributed by atoms with Gasteiger partial charge in [0, 0.05) is 18.3 Å². The van der Waals surface area contributed by atoms with E-state index in [0.717, 1.165) is 12.1 Å². The van der Waals surface area contributed by atoms with Gasteiger partial charge in [-0.3, -0.25) is 14.9 Å². The molecule has 1 N–H and O–H groups in total. The van der Waals surface area contributed by atoms with Gasteiger partial charge in [-0.1, -0.05) is 0 Å². The summed E-state index contributed by atoms with van der Waals surface area (Å²) in [5.74, 6) is -1.41. The highest BCUT2D eigenvalue weighted by atomic mass is 19.1. The number of nitrogens with zero attached hydrogens (tertiary/aromatic N) is 4. The monoisotopic (exact) mass is 301 g/mol. The van der Waals surface area contributed by atoms with Crippen molar-refractivity contribution in [1.82, 2.24) is 14.6 Å². The molecule has 110 valence electrons. The van der Waals surface area contributed by atoms with E-state index in [0.29, 0.717) is 17.5 Å². The molecule has 0 bridgehead atoms. The molecule has 0 aliphatic heterocycles. The summed E-state index contributed by atoms with van der Waals surface area (Å²) in [6.45, 7) is 0. The van der Waals surface area contributed by atoms with Crippen molar-refractivity contribution in [1.29, 1.82) is 0 Å². The summed E-state index contributed by atoms with van der Waals surface area (Å²) < 4.78 is 15.2. The van der Waals surface area contributed by atoms with Crippen LogP contribution in [0.5, 0.6) is 0 Å². The lowest BCUT2D eigenvalue weighted by Crippen LogP contribution is -2.16. The van der Waals surface area contributed by atoms with Gasteiger partial charge in [0.15, 0.2) is 5.65 Å². The normalized spacial score (nSPS) is 10.6. The number of fused-ring (bicyclic) bond motifs is 1. The fourth-order valence-electron chi connectivity index (χ4n) is 1.91. The second-order valence-corrected chi connectivity index (χ2v) is 4.31. The van der Waals surface area contributed by atoms with E-state index in [1.807, 2.05) is 0 Å². The average molecular weight is 301 g/mol. The zero-order chi connectivity index (χ0) is 15.7. The molecule has 8 nitrogen and oxygen atoms in total. The quantitative estimate of drug-likeness (QED) is 0.589. The Labute approximate surface area is 122 Å². The summed E-state index contributed by atoms with van der Waals surface area (Å²) in [6.07, 6.45) is 2.98. The highest BCUT2D eigenvalue weighted by Crippen LogP contribution is 2.18. The van der Waals surface area contributed by atoms with E-state index in [-0.39, 0.29) is 5.56 Å². The minimum Gasteiger partial charge on any atom is -0.306 e. The molecule has 0 aliphatic carbocycles. The van der Waals surface area contributed by atoms with Crippen molar-refractivity contribution in [3.8, 4) is 0 Å². The van der Waals surface area contributed by atoms with Crippen LogP contribution in [-0.4, -0.2) is 25.4 Å². The van der Waals surface area contributed by atoms with E-state index in [2.05, 4.69) is 15.4 Å². The van der Waals surface area contributed by atoms with Crippen molar-refractivity contribution in [2.75, 3.05) is 5.32 Å². The molecule has 0 saturated carbocycles. The fraction of sp³-hybridized carbons (Fsp3) is 0. The fourth-order valence-corrected chi connectivity index (χ4v) is 1.91. The maximum atomic E-state index is 13.8. The number of hydrogen-bond acceptors (Lipinski definition) is 5. The Balaban J connectivity index is 1.92. The van der Waals surface area contributed by atoms with Crippen LogP contribution < -0.4 is 5.32 Å². The summed E-state index contributed by atoms with van der Waals surface area (Å²) >= 11 is 0. The van der Waals surface area contributed by atoms with E-state index < -0.39 is 22.3 Å². The third-order valence-corrected chi connectivity index (χ3v) is 2.94. The van der Waals surface area contributed by atoms with Gasteiger partial charge in [-0.15, -0.1) is 0 Å². The number of carbonyl (C=O) groups excluding carboxylic acids is 1. The van der Waals surface area contributed by atoms with Gasteiger partial charge in [0.1, 0.15) is 11.6 Å². The molecule has 2 aromatic heterocycles. The molecule has 3 aromatic rings. The second kappa shape index (κ2) is 5.20.